The van der Waals surface area contributed by atoms with E-state index in [4.69, 9.17) is 0 Å². The third kappa shape index (κ3) is 1.67. The number of rotatable bonds is 1. The number of esters is 2. The van der Waals surface area contributed by atoms with Crippen LogP contribution in [0.3, 0.4) is 0 Å². The van der Waals surface area contributed by atoms with E-state index in [-0.39, 0.29) is 0 Å². The van der Waals surface area contributed by atoms with Crippen LogP contribution in [0.4, 0.5) is 0 Å². The van der Waals surface area contributed by atoms with Gasteiger partial charge in [-0.3, -0.25) is 4.98 Å². The van der Waals surface area contributed by atoms with Gasteiger partial charge in [0, 0.05) is 26.5 Å². The number of nitrogens with zero attached hydrogens (tertiary/aromatic N) is 2. The summed E-state index contributed by atoms with van der Waals surface area (Å²) in [5.74, 6) is -1.31. The molecule has 0 aromatic carbocycles. The first-order valence-corrected chi connectivity index (χ1v) is 4.69. The van der Waals surface area contributed by atoms with E-state index in [2.05, 4.69) is 9.72 Å². The van der Waals surface area contributed by atoms with Crippen molar-refractivity contribution in [3.63, 3.8) is 0 Å². The van der Waals surface area contributed by atoms with Crippen molar-refractivity contribution in [2.24, 2.45) is 0 Å². The molecule has 2 rings (SSSR count). The van der Waals surface area contributed by atoms with Crippen LogP contribution in [0.25, 0.3) is 5.57 Å². The molecule has 1 aliphatic heterocycles. The molecule has 0 N–H and O–H groups in total. The number of fused-ring (bicyclic) bond motifs is 1. The SMILES string of the molecule is CN(C)/C=C1/C(=O)OC(=O)c2cccnc21. The van der Waals surface area contributed by atoms with Crippen LogP contribution in [0.5, 0.6) is 0 Å². The summed E-state index contributed by atoms with van der Waals surface area (Å²) in [4.78, 5) is 28.7. The maximum atomic E-state index is 11.5. The fourth-order valence-corrected chi connectivity index (χ4v) is 1.45. The van der Waals surface area contributed by atoms with E-state index in [1.807, 2.05) is 0 Å². The molecule has 1 aliphatic rings. The number of pyridine rings is 1. The molecule has 0 spiro atoms. The zero-order chi connectivity index (χ0) is 11.7. The van der Waals surface area contributed by atoms with Crippen molar-refractivity contribution in [2.75, 3.05) is 14.1 Å². The van der Waals surface area contributed by atoms with Crippen LogP contribution in [0, 0.1) is 0 Å². The minimum Gasteiger partial charge on any atom is -0.386 e. The number of ether oxygens (including phenoxy) is 1. The Morgan fingerprint density at radius 1 is 1.31 bits per heavy atom. The Labute approximate surface area is 92.3 Å². The van der Waals surface area contributed by atoms with Crippen molar-refractivity contribution < 1.29 is 14.3 Å². The number of cyclic esters (lactones) is 2. The standard InChI is InChI=1S/C11H10N2O3/c1-13(2)6-8-9-7(4-3-5-12-9)10(14)16-11(8)15/h3-6H,1-2H3/b8-6+. The molecule has 0 saturated carbocycles. The molecule has 0 bridgehead atoms. The molecular formula is C11H10N2O3. The number of hydrogen-bond donors (Lipinski definition) is 0. The van der Waals surface area contributed by atoms with Crippen molar-refractivity contribution in [1.29, 1.82) is 0 Å². The van der Waals surface area contributed by atoms with Crippen molar-refractivity contribution in [3.8, 4) is 0 Å². The minimum absolute atomic E-state index is 0.292. The van der Waals surface area contributed by atoms with Crippen LogP contribution in [-0.4, -0.2) is 35.9 Å². The first-order chi connectivity index (χ1) is 7.59. The molecular weight excluding hydrogens is 208 g/mol. The quantitative estimate of drug-likeness (QED) is 0.394. The van der Waals surface area contributed by atoms with Gasteiger partial charge in [-0.25, -0.2) is 9.59 Å². The zero-order valence-corrected chi connectivity index (χ0v) is 8.93. The summed E-state index contributed by atoms with van der Waals surface area (Å²) < 4.78 is 4.61. The molecule has 0 fully saturated rings. The lowest BCUT2D eigenvalue weighted by Gasteiger charge is -2.17. The maximum Gasteiger partial charge on any atom is 0.349 e. The smallest absolute Gasteiger partial charge is 0.349 e. The molecule has 0 atom stereocenters. The average molecular weight is 218 g/mol. The summed E-state index contributed by atoms with van der Waals surface area (Å²) in [7, 11) is 3.55. The van der Waals surface area contributed by atoms with Gasteiger partial charge < -0.3 is 9.64 Å². The van der Waals surface area contributed by atoms with Gasteiger partial charge in [0.25, 0.3) is 0 Å². The molecule has 5 nitrogen and oxygen atoms in total. The van der Waals surface area contributed by atoms with Gasteiger partial charge in [0.05, 0.1) is 11.3 Å². The van der Waals surface area contributed by atoms with Gasteiger partial charge in [0.1, 0.15) is 5.57 Å². The van der Waals surface area contributed by atoms with Crippen molar-refractivity contribution in [1.82, 2.24) is 9.88 Å². The second-order valence-corrected chi connectivity index (χ2v) is 3.58. The van der Waals surface area contributed by atoms with Crippen molar-refractivity contribution in [2.45, 2.75) is 0 Å². The van der Waals surface area contributed by atoms with Gasteiger partial charge in [-0.1, -0.05) is 0 Å². The first-order valence-electron chi connectivity index (χ1n) is 4.69. The topological polar surface area (TPSA) is 59.5 Å². The van der Waals surface area contributed by atoms with Gasteiger partial charge in [-0.15, -0.1) is 0 Å². The monoisotopic (exact) mass is 218 g/mol. The fraction of sp³-hybridized carbons (Fsp3) is 0.182. The second-order valence-electron chi connectivity index (χ2n) is 3.58. The zero-order valence-electron chi connectivity index (χ0n) is 8.93. The highest BCUT2D eigenvalue weighted by molar-refractivity contribution is 6.25. The van der Waals surface area contributed by atoms with Gasteiger partial charge in [0.15, 0.2) is 0 Å². The first kappa shape index (κ1) is 10.4. The molecule has 16 heavy (non-hydrogen) atoms. The molecule has 1 aromatic rings. The Balaban J connectivity index is 2.60. The lowest BCUT2D eigenvalue weighted by Crippen LogP contribution is -2.24. The summed E-state index contributed by atoms with van der Waals surface area (Å²) in [6.07, 6.45) is 3.12. The van der Waals surface area contributed by atoms with E-state index >= 15 is 0 Å². The molecule has 2 heterocycles. The van der Waals surface area contributed by atoms with Crippen LogP contribution >= 0.6 is 0 Å². The number of hydrogen-bond acceptors (Lipinski definition) is 5. The maximum absolute atomic E-state index is 11.5. The normalized spacial score (nSPS) is 17.0. The predicted octanol–water partition coefficient (Wildman–Crippen LogP) is 0.681. The van der Waals surface area contributed by atoms with Crippen molar-refractivity contribution in [3.05, 3.63) is 35.8 Å². The third-order valence-electron chi connectivity index (χ3n) is 2.08. The van der Waals surface area contributed by atoms with Crippen LogP contribution in [0.2, 0.25) is 0 Å². The summed E-state index contributed by atoms with van der Waals surface area (Å²) in [5.41, 5.74) is 0.979. The number of carbonyl (C=O) groups excluding carboxylic acids is 2. The van der Waals surface area contributed by atoms with Gasteiger partial charge in [-0.2, -0.15) is 0 Å². The van der Waals surface area contributed by atoms with Gasteiger partial charge >= 0.3 is 11.9 Å². The fourth-order valence-electron chi connectivity index (χ4n) is 1.45. The summed E-state index contributed by atoms with van der Waals surface area (Å²) >= 11 is 0. The number of carbonyl (C=O) groups is 2. The Morgan fingerprint density at radius 3 is 2.75 bits per heavy atom. The highest BCUT2D eigenvalue weighted by Gasteiger charge is 2.30. The average Bonchev–Trinajstić information content (AvgIpc) is 2.24. The van der Waals surface area contributed by atoms with E-state index < -0.39 is 11.9 Å². The summed E-state index contributed by atoms with van der Waals surface area (Å²) in [5, 5.41) is 0. The molecule has 0 aliphatic carbocycles. The predicted molar refractivity (Wildman–Crippen MR) is 56.3 cm³/mol. The van der Waals surface area contributed by atoms with Crippen LogP contribution in [-0.2, 0) is 9.53 Å². The van der Waals surface area contributed by atoms with E-state index in [0.29, 0.717) is 16.8 Å². The summed E-state index contributed by atoms with van der Waals surface area (Å²) in [6, 6.07) is 3.21. The Kier molecular flexibility index (Phi) is 2.44. The number of aromatic nitrogens is 1. The molecule has 0 unspecified atom stereocenters. The lowest BCUT2D eigenvalue weighted by molar-refractivity contribution is -0.131. The highest BCUT2D eigenvalue weighted by Crippen LogP contribution is 2.24. The van der Waals surface area contributed by atoms with E-state index in [9.17, 15) is 9.59 Å². The Hall–Kier alpha value is -2.17. The molecule has 5 heteroatoms. The molecule has 0 saturated heterocycles. The van der Waals surface area contributed by atoms with E-state index in [1.165, 1.54) is 6.20 Å². The van der Waals surface area contributed by atoms with Crippen LogP contribution < -0.4 is 0 Å². The van der Waals surface area contributed by atoms with Crippen LogP contribution in [0.1, 0.15) is 16.1 Å². The Morgan fingerprint density at radius 2 is 2.06 bits per heavy atom. The van der Waals surface area contributed by atoms with Gasteiger partial charge in [-0.05, 0) is 12.1 Å². The minimum atomic E-state index is -0.662. The highest BCUT2D eigenvalue weighted by atomic mass is 16.6. The largest absolute Gasteiger partial charge is 0.386 e. The lowest BCUT2D eigenvalue weighted by atomic mass is 10.0. The molecule has 0 amide bonds. The van der Waals surface area contributed by atoms with E-state index in [1.54, 1.807) is 37.3 Å². The summed E-state index contributed by atoms with van der Waals surface area (Å²) in [6.45, 7) is 0. The third-order valence-corrected chi connectivity index (χ3v) is 2.08. The van der Waals surface area contributed by atoms with Gasteiger partial charge in [0.2, 0.25) is 0 Å². The molecule has 82 valence electrons. The molecule has 1 aromatic heterocycles. The van der Waals surface area contributed by atoms with E-state index in [0.717, 1.165) is 0 Å². The Bertz CT molecular complexity index is 492. The van der Waals surface area contributed by atoms with Crippen molar-refractivity contribution >= 4 is 17.5 Å². The van der Waals surface area contributed by atoms with Crippen LogP contribution in [0.15, 0.2) is 24.5 Å². The second kappa shape index (κ2) is 3.77. The molecule has 0 radical (unpaired) electrons.